The molecule has 2 aliphatic carbocycles. The third-order valence-electron chi connectivity index (χ3n) is 9.04. The van der Waals surface area contributed by atoms with E-state index in [0.717, 1.165) is 16.7 Å². The van der Waals surface area contributed by atoms with Crippen molar-refractivity contribution in [3.8, 4) is 11.5 Å². The highest BCUT2D eigenvalue weighted by Gasteiger charge is 2.80. The monoisotopic (exact) mass is 491 g/mol. The summed E-state index contributed by atoms with van der Waals surface area (Å²) < 4.78 is 11.6. The van der Waals surface area contributed by atoms with Crippen molar-refractivity contribution in [1.29, 1.82) is 0 Å². The van der Waals surface area contributed by atoms with E-state index in [2.05, 4.69) is 11.5 Å². The molecular formula is C27H29N3O6. The molecular weight excluding hydrogens is 462 g/mol. The van der Waals surface area contributed by atoms with Crippen molar-refractivity contribution in [3.05, 3.63) is 76.3 Å². The van der Waals surface area contributed by atoms with Gasteiger partial charge in [-0.3, -0.25) is 19.8 Å². The third kappa shape index (κ3) is 2.77. The molecule has 1 spiro atoms. The van der Waals surface area contributed by atoms with Gasteiger partial charge in [-0.15, -0.1) is 6.58 Å². The van der Waals surface area contributed by atoms with E-state index in [1.54, 1.807) is 42.5 Å². The van der Waals surface area contributed by atoms with Crippen LogP contribution in [-0.4, -0.2) is 69.6 Å². The number of phenols is 1. The summed E-state index contributed by atoms with van der Waals surface area (Å²) in [6.45, 7) is 5.11. The van der Waals surface area contributed by atoms with Crippen LogP contribution in [-0.2, 0) is 16.6 Å². The van der Waals surface area contributed by atoms with E-state index >= 15 is 0 Å². The number of carbonyl (C=O) groups is 1. The highest BCUT2D eigenvalue weighted by Crippen LogP contribution is 2.66. The minimum atomic E-state index is -1.28. The van der Waals surface area contributed by atoms with Gasteiger partial charge in [0.25, 0.3) is 5.54 Å². The second-order valence-corrected chi connectivity index (χ2v) is 10.3. The molecule has 5 atom stereocenters. The molecule has 2 aromatic rings. The number of likely N-dealkylation sites (N-methyl/N-ethyl adjacent to an activating group) is 1. The highest BCUT2D eigenvalue weighted by atomic mass is 16.6. The lowest BCUT2D eigenvalue weighted by Crippen LogP contribution is -2.80. The zero-order chi connectivity index (χ0) is 25.2. The molecule has 6 rings (SSSR count). The maximum Gasteiger partial charge on any atom is 0.251 e. The summed E-state index contributed by atoms with van der Waals surface area (Å²) in [6.07, 6.45) is 9.20. The molecule has 4 aliphatic rings. The van der Waals surface area contributed by atoms with Crippen LogP contribution in [0.1, 0.15) is 36.0 Å². The average molecular weight is 492 g/mol. The fraction of sp³-hybridized carbons (Fsp3) is 0.444. The van der Waals surface area contributed by atoms with Crippen molar-refractivity contribution >= 4 is 12.0 Å². The minimum Gasteiger partial charge on any atom is -0.504 e. The number of piperidine rings is 1. The Balaban J connectivity index is 1.46. The molecule has 2 aliphatic heterocycles. The highest BCUT2D eigenvalue weighted by molar-refractivity contribution is 5.92. The summed E-state index contributed by atoms with van der Waals surface area (Å²) in [5, 5.41) is 23.9. The number of hydrogen-bond acceptors (Lipinski definition) is 7. The number of rotatable bonds is 6. The maximum absolute atomic E-state index is 13.2. The van der Waals surface area contributed by atoms with E-state index in [1.807, 2.05) is 6.07 Å². The molecule has 1 aromatic carbocycles. The summed E-state index contributed by atoms with van der Waals surface area (Å²) in [6, 6.07) is 4.55. The van der Waals surface area contributed by atoms with Crippen molar-refractivity contribution < 1.29 is 24.0 Å². The van der Waals surface area contributed by atoms with Crippen molar-refractivity contribution in [2.45, 2.75) is 54.8 Å². The molecule has 1 N–H and O–H groups in total. The van der Waals surface area contributed by atoms with Crippen LogP contribution in [0.3, 0.4) is 0 Å². The molecule has 36 heavy (non-hydrogen) atoms. The number of aromatic hydroxyl groups is 1. The Labute approximate surface area is 208 Å². The van der Waals surface area contributed by atoms with Gasteiger partial charge in [0.2, 0.25) is 5.91 Å². The summed E-state index contributed by atoms with van der Waals surface area (Å²) in [5.41, 5.74) is 0.314. The second kappa shape index (κ2) is 7.96. The van der Waals surface area contributed by atoms with E-state index in [1.165, 1.54) is 12.3 Å². The zero-order valence-corrected chi connectivity index (χ0v) is 20.1. The molecule has 188 valence electrons. The fourth-order valence-corrected chi connectivity index (χ4v) is 7.58. The topological polar surface area (TPSA) is 109 Å². The number of carbonyl (C=O) groups excluding carboxylic acids is 1. The van der Waals surface area contributed by atoms with Gasteiger partial charge in [-0.05, 0) is 43.0 Å². The fourth-order valence-electron chi connectivity index (χ4n) is 7.58. The predicted octanol–water partition coefficient (Wildman–Crippen LogP) is 3.15. The smallest absolute Gasteiger partial charge is 0.251 e. The van der Waals surface area contributed by atoms with Gasteiger partial charge in [0.05, 0.1) is 24.6 Å². The molecule has 1 amide bonds. The first-order valence-electron chi connectivity index (χ1n) is 12.3. The number of benzene rings is 1. The van der Waals surface area contributed by atoms with E-state index < -0.39 is 17.1 Å². The van der Waals surface area contributed by atoms with E-state index in [9.17, 15) is 20.0 Å². The number of nitrogens with zero attached hydrogens (tertiary/aromatic N) is 3. The van der Waals surface area contributed by atoms with Crippen molar-refractivity contribution in [3.63, 3.8) is 0 Å². The zero-order valence-electron chi connectivity index (χ0n) is 20.1. The normalized spacial score (nSPS) is 32.1. The molecule has 9 heteroatoms. The van der Waals surface area contributed by atoms with Crippen LogP contribution in [0.2, 0.25) is 0 Å². The van der Waals surface area contributed by atoms with Crippen LogP contribution < -0.4 is 4.74 Å². The van der Waals surface area contributed by atoms with Crippen LogP contribution in [0.4, 0.5) is 0 Å². The Hall–Kier alpha value is -3.59. The number of nitro groups is 1. The Morgan fingerprint density at radius 1 is 1.39 bits per heavy atom. The predicted molar refractivity (Wildman–Crippen MR) is 131 cm³/mol. The van der Waals surface area contributed by atoms with Gasteiger partial charge < -0.3 is 19.2 Å². The third-order valence-corrected chi connectivity index (χ3v) is 9.04. The van der Waals surface area contributed by atoms with Crippen LogP contribution in [0.15, 0.2) is 53.9 Å². The van der Waals surface area contributed by atoms with Crippen LogP contribution >= 0.6 is 0 Å². The maximum atomic E-state index is 13.2. The lowest BCUT2D eigenvalue weighted by Gasteiger charge is -2.61. The van der Waals surface area contributed by atoms with Gasteiger partial charge in [-0.2, -0.15) is 0 Å². The molecule has 1 aromatic heterocycles. The van der Waals surface area contributed by atoms with Crippen LogP contribution in [0.25, 0.3) is 6.08 Å². The van der Waals surface area contributed by atoms with Crippen molar-refractivity contribution in [1.82, 2.24) is 9.80 Å². The van der Waals surface area contributed by atoms with Gasteiger partial charge >= 0.3 is 0 Å². The molecule has 3 heterocycles. The second-order valence-electron chi connectivity index (χ2n) is 10.3. The first kappa shape index (κ1) is 22.8. The number of furan rings is 1. The average Bonchev–Trinajstić information content (AvgIpc) is 3.51. The van der Waals surface area contributed by atoms with Crippen LogP contribution in [0.5, 0.6) is 11.5 Å². The number of ether oxygens (including phenoxy) is 1. The van der Waals surface area contributed by atoms with Gasteiger partial charge in [0.15, 0.2) is 11.5 Å². The molecule has 0 radical (unpaired) electrons. The summed E-state index contributed by atoms with van der Waals surface area (Å²) in [7, 11) is 1.72. The Morgan fingerprint density at radius 2 is 2.22 bits per heavy atom. The largest absolute Gasteiger partial charge is 0.504 e. The Morgan fingerprint density at radius 3 is 2.94 bits per heavy atom. The Bertz CT molecular complexity index is 1270. The number of hydrogen-bond donors (Lipinski definition) is 1. The SMILES string of the molecule is C=CCN1CC[C@]23c4c5ccc(O)c4O[C@H]2[C@H](N(C)C(=O)/C=C/c2ccoc2)CC[C@@]3([N+](=O)[O-])[C@H]1C5. The summed E-state index contributed by atoms with van der Waals surface area (Å²) >= 11 is 0. The summed E-state index contributed by atoms with van der Waals surface area (Å²) in [5.74, 6) is 0.127. The van der Waals surface area contributed by atoms with Crippen molar-refractivity contribution in [2.75, 3.05) is 20.1 Å². The lowest BCUT2D eigenvalue weighted by molar-refractivity contribution is -0.605. The van der Waals surface area contributed by atoms with Crippen molar-refractivity contribution in [2.24, 2.45) is 0 Å². The molecule has 9 nitrogen and oxygen atoms in total. The van der Waals surface area contributed by atoms with Crippen LogP contribution in [0, 0.1) is 10.1 Å². The standard InChI is InChI=1S/C27H29N3O6/c1-3-12-29-13-11-26-23-18-5-6-20(31)24(23)36-25(26)19(8-10-27(26,30(33)34)21(29)15-18)28(2)22(32)7-4-17-9-14-35-16-17/h3-7,9,14,16,19,21,25,31H,1,8,10-13,15H2,2H3/b7-4+/t19-,21-,25+,26+,27-/m1/s1. The molecule has 0 unspecified atom stereocenters. The quantitative estimate of drug-likeness (QED) is 0.286. The number of amides is 1. The first-order valence-corrected chi connectivity index (χ1v) is 12.3. The molecule has 1 saturated heterocycles. The van der Waals surface area contributed by atoms with Gasteiger partial charge in [-0.1, -0.05) is 12.1 Å². The molecule has 1 saturated carbocycles. The van der Waals surface area contributed by atoms with Gasteiger partial charge in [-0.25, -0.2) is 0 Å². The van der Waals surface area contributed by atoms with Gasteiger partial charge in [0.1, 0.15) is 11.5 Å². The minimum absolute atomic E-state index is 0.00525. The Kier molecular flexibility index (Phi) is 5.05. The molecule has 2 fully saturated rings. The van der Waals surface area contributed by atoms with Gasteiger partial charge in [0, 0.05) is 48.7 Å². The first-order chi connectivity index (χ1) is 17.3. The lowest BCUT2D eigenvalue weighted by atomic mass is 9.46. The number of likely N-dealkylation sites (tertiary alicyclic amines) is 1. The molecule has 2 bridgehead atoms. The number of phenolic OH excluding ortho intramolecular Hbond substituents is 1. The van der Waals surface area contributed by atoms with E-state index in [-0.39, 0.29) is 28.7 Å². The van der Waals surface area contributed by atoms with E-state index in [4.69, 9.17) is 9.15 Å². The summed E-state index contributed by atoms with van der Waals surface area (Å²) in [4.78, 5) is 30.0. The van der Waals surface area contributed by atoms with E-state index in [0.29, 0.717) is 44.5 Å².